The van der Waals surface area contributed by atoms with Gasteiger partial charge in [0.15, 0.2) is 0 Å². The number of anilines is 1. The maximum absolute atomic E-state index is 4.45. The van der Waals surface area contributed by atoms with Gasteiger partial charge in [-0.3, -0.25) is 4.99 Å². The summed E-state index contributed by atoms with van der Waals surface area (Å²) >= 11 is 0. The van der Waals surface area contributed by atoms with Gasteiger partial charge in [0.25, 0.3) is 0 Å². The third-order valence-electron chi connectivity index (χ3n) is 3.19. The normalized spacial score (nSPS) is 18.2. The summed E-state index contributed by atoms with van der Waals surface area (Å²) in [5.41, 5.74) is 5.61. The molecule has 1 aromatic carbocycles. The molecule has 2 aliphatic rings. The van der Waals surface area contributed by atoms with Crippen LogP contribution in [0.4, 0.5) is 11.4 Å². The molecule has 2 nitrogen and oxygen atoms in total. The van der Waals surface area contributed by atoms with E-state index in [1.165, 1.54) is 28.9 Å². The zero-order valence-electron chi connectivity index (χ0n) is 8.45. The molecule has 0 aromatic heterocycles. The first-order valence-electron chi connectivity index (χ1n) is 5.24. The van der Waals surface area contributed by atoms with Crippen molar-refractivity contribution in [2.45, 2.75) is 19.3 Å². The number of aliphatic imine (C=N–C) groups is 1. The highest BCUT2D eigenvalue weighted by molar-refractivity contribution is 5.77. The third kappa shape index (κ3) is 0.999. The van der Waals surface area contributed by atoms with Crippen LogP contribution < -0.4 is 4.90 Å². The summed E-state index contributed by atoms with van der Waals surface area (Å²) in [6, 6.07) is 4.41. The van der Waals surface area contributed by atoms with Gasteiger partial charge < -0.3 is 4.90 Å². The average Bonchev–Trinajstić information content (AvgIpc) is 2.61. The molecule has 0 saturated carbocycles. The Balaban J connectivity index is 2.24. The van der Waals surface area contributed by atoms with Gasteiger partial charge in [-0.2, -0.15) is 0 Å². The highest BCUT2D eigenvalue weighted by Gasteiger charge is 2.22. The van der Waals surface area contributed by atoms with E-state index >= 15 is 0 Å². The Labute approximate surface area is 84.3 Å². The standard InChI is InChI=1S/C12H14N2/c1-14-8-6-9-4-5-11-10(12(9)14)3-2-7-13-11/h4-5,7H,2-3,6,8H2,1H3. The zero-order chi connectivity index (χ0) is 9.54. The summed E-state index contributed by atoms with van der Waals surface area (Å²) in [7, 11) is 2.18. The second-order valence-electron chi connectivity index (χ2n) is 4.09. The van der Waals surface area contributed by atoms with Crippen LogP contribution in [-0.2, 0) is 12.8 Å². The van der Waals surface area contributed by atoms with Crippen molar-refractivity contribution in [3.8, 4) is 0 Å². The molecule has 0 bridgehead atoms. The first kappa shape index (κ1) is 8.04. The van der Waals surface area contributed by atoms with Crippen LogP contribution in [0.5, 0.6) is 0 Å². The third-order valence-corrected chi connectivity index (χ3v) is 3.19. The summed E-state index contributed by atoms with van der Waals surface area (Å²) in [5.74, 6) is 0. The molecule has 3 rings (SSSR count). The molecule has 1 aromatic rings. The summed E-state index contributed by atoms with van der Waals surface area (Å²) in [5, 5.41) is 0. The highest BCUT2D eigenvalue weighted by atomic mass is 15.1. The Hall–Kier alpha value is -1.31. The molecule has 0 aliphatic carbocycles. The fourth-order valence-electron chi connectivity index (χ4n) is 2.49. The first-order valence-corrected chi connectivity index (χ1v) is 5.24. The number of nitrogens with zero attached hydrogens (tertiary/aromatic N) is 2. The summed E-state index contributed by atoms with van der Waals surface area (Å²) in [4.78, 5) is 6.82. The van der Waals surface area contributed by atoms with Crippen molar-refractivity contribution in [3.63, 3.8) is 0 Å². The Morgan fingerprint density at radius 2 is 2.21 bits per heavy atom. The molecule has 2 aliphatic heterocycles. The van der Waals surface area contributed by atoms with Crippen LogP contribution in [0.3, 0.4) is 0 Å². The summed E-state index contributed by atoms with van der Waals surface area (Å²) < 4.78 is 0. The maximum atomic E-state index is 4.45. The van der Waals surface area contributed by atoms with Crippen LogP contribution in [0.1, 0.15) is 17.5 Å². The van der Waals surface area contributed by atoms with Gasteiger partial charge in [0, 0.05) is 31.1 Å². The molecule has 14 heavy (non-hydrogen) atoms. The highest BCUT2D eigenvalue weighted by Crippen LogP contribution is 2.38. The largest absolute Gasteiger partial charge is 0.374 e. The topological polar surface area (TPSA) is 15.6 Å². The molecule has 0 saturated heterocycles. The number of rotatable bonds is 0. The van der Waals surface area contributed by atoms with Crippen molar-refractivity contribution in [1.29, 1.82) is 0 Å². The van der Waals surface area contributed by atoms with E-state index < -0.39 is 0 Å². The van der Waals surface area contributed by atoms with E-state index in [2.05, 4.69) is 29.1 Å². The van der Waals surface area contributed by atoms with Crippen molar-refractivity contribution in [1.82, 2.24) is 0 Å². The number of hydrogen-bond donors (Lipinski definition) is 0. The summed E-state index contributed by atoms with van der Waals surface area (Å²) in [6.07, 6.45) is 5.48. The molecular formula is C12H14N2. The first-order chi connectivity index (χ1) is 6.86. The minimum absolute atomic E-state index is 1.09. The van der Waals surface area contributed by atoms with E-state index in [4.69, 9.17) is 0 Å². The molecule has 0 atom stereocenters. The van der Waals surface area contributed by atoms with Crippen LogP contribution >= 0.6 is 0 Å². The summed E-state index contributed by atoms with van der Waals surface area (Å²) in [6.45, 7) is 1.16. The lowest BCUT2D eigenvalue weighted by atomic mass is 9.99. The van der Waals surface area contributed by atoms with Crippen LogP contribution in [0.25, 0.3) is 0 Å². The van der Waals surface area contributed by atoms with Crippen molar-refractivity contribution in [2.24, 2.45) is 4.99 Å². The predicted octanol–water partition coefficient (Wildman–Crippen LogP) is 2.33. The van der Waals surface area contributed by atoms with Crippen molar-refractivity contribution < 1.29 is 0 Å². The van der Waals surface area contributed by atoms with E-state index in [1.807, 2.05) is 6.21 Å². The second-order valence-corrected chi connectivity index (χ2v) is 4.09. The lowest BCUT2D eigenvalue weighted by Crippen LogP contribution is -2.14. The van der Waals surface area contributed by atoms with Gasteiger partial charge in [0.05, 0.1) is 5.69 Å². The van der Waals surface area contributed by atoms with Crippen LogP contribution in [-0.4, -0.2) is 19.8 Å². The lowest BCUT2D eigenvalue weighted by molar-refractivity contribution is 0.943. The predicted molar refractivity (Wildman–Crippen MR) is 59.9 cm³/mol. The van der Waals surface area contributed by atoms with Crippen LogP contribution in [0.15, 0.2) is 17.1 Å². The van der Waals surface area contributed by atoms with Gasteiger partial charge in [-0.25, -0.2) is 0 Å². The quantitative estimate of drug-likeness (QED) is 0.607. The van der Waals surface area contributed by atoms with E-state index in [-0.39, 0.29) is 0 Å². The molecule has 2 heteroatoms. The SMILES string of the molecule is CN1CCc2ccc3c(c21)CCC=N3. The Morgan fingerprint density at radius 3 is 3.14 bits per heavy atom. The second kappa shape index (κ2) is 2.84. The van der Waals surface area contributed by atoms with Crippen LogP contribution in [0.2, 0.25) is 0 Å². The van der Waals surface area contributed by atoms with Gasteiger partial charge in [0.2, 0.25) is 0 Å². The van der Waals surface area contributed by atoms with Crippen molar-refractivity contribution in [2.75, 3.05) is 18.5 Å². The fraction of sp³-hybridized carbons (Fsp3) is 0.417. The lowest BCUT2D eigenvalue weighted by Gasteiger charge is -2.19. The van der Waals surface area contributed by atoms with Crippen molar-refractivity contribution >= 4 is 17.6 Å². The smallest absolute Gasteiger partial charge is 0.0678 e. The van der Waals surface area contributed by atoms with Gasteiger partial charge in [-0.15, -0.1) is 0 Å². The molecule has 0 unspecified atom stereocenters. The number of benzene rings is 1. The fourth-order valence-corrected chi connectivity index (χ4v) is 2.49. The molecule has 0 spiro atoms. The van der Waals surface area contributed by atoms with Crippen LogP contribution in [0, 0.1) is 0 Å². The zero-order valence-corrected chi connectivity index (χ0v) is 8.45. The monoisotopic (exact) mass is 186 g/mol. The van der Waals surface area contributed by atoms with E-state index in [0.717, 1.165) is 19.4 Å². The van der Waals surface area contributed by atoms with Gasteiger partial charge in [0.1, 0.15) is 0 Å². The maximum Gasteiger partial charge on any atom is 0.0678 e. The Bertz CT molecular complexity index is 407. The van der Waals surface area contributed by atoms with Gasteiger partial charge in [-0.05, 0) is 30.9 Å². The molecule has 2 heterocycles. The van der Waals surface area contributed by atoms with Gasteiger partial charge in [-0.1, -0.05) is 6.07 Å². The van der Waals surface area contributed by atoms with Crippen molar-refractivity contribution in [3.05, 3.63) is 23.3 Å². The van der Waals surface area contributed by atoms with E-state index in [9.17, 15) is 0 Å². The molecule has 0 radical (unpaired) electrons. The Morgan fingerprint density at radius 1 is 1.29 bits per heavy atom. The molecule has 0 amide bonds. The Kier molecular flexibility index (Phi) is 1.63. The molecule has 0 N–H and O–H groups in total. The molecular weight excluding hydrogens is 172 g/mol. The number of fused-ring (bicyclic) bond motifs is 3. The average molecular weight is 186 g/mol. The number of hydrogen-bond acceptors (Lipinski definition) is 2. The minimum Gasteiger partial charge on any atom is -0.374 e. The van der Waals surface area contributed by atoms with E-state index in [1.54, 1.807) is 0 Å². The minimum atomic E-state index is 1.09. The van der Waals surface area contributed by atoms with Gasteiger partial charge >= 0.3 is 0 Å². The molecule has 72 valence electrons. The molecule has 0 fully saturated rings. The van der Waals surface area contributed by atoms with E-state index in [0.29, 0.717) is 0 Å². The number of likely N-dealkylation sites (N-methyl/N-ethyl adjacent to an activating group) is 1.